The van der Waals surface area contributed by atoms with Gasteiger partial charge in [0.2, 0.25) is 11.8 Å². The Hall–Kier alpha value is -0.810. The Labute approximate surface area is 120 Å². The first kappa shape index (κ1) is 16.2. The van der Waals surface area contributed by atoms with Crippen molar-refractivity contribution < 1.29 is 9.59 Å². The number of carbonyl (C=O) groups excluding carboxylic acids is 2. The fourth-order valence-electron chi connectivity index (χ4n) is 1.96. The highest BCUT2D eigenvalue weighted by Gasteiger charge is 2.29. The molecule has 1 aliphatic rings. The first-order valence-electron chi connectivity index (χ1n) is 6.69. The third kappa shape index (κ3) is 4.99. The Bertz CT molecular complexity index is 326. The zero-order chi connectivity index (χ0) is 14.5. The number of alkyl halides is 1. The van der Waals surface area contributed by atoms with Crippen LogP contribution in [-0.4, -0.2) is 55.3 Å². The summed E-state index contributed by atoms with van der Waals surface area (Å²) in [6, 6.07) is 0.191. The number of nitrogens with zero attached hydrogens (tertiary/aromatic N) is 1. The first-order valence-corrected chi connectivity index (χ1v) is 7.22. The Morgan fingerprint density at radius 2 is 1.89 bits per heavy atom. The molecule has 110 valence electrons. The van der Waals surface area contributed by atoms with Crippen LogP contribution in [0.15, 0.2) is 0 Å². The number of hydrogen-bond donors (Lipinski definition) is 2. The minimum absolute atomic E-state index is 0.00671. The molecule has 0 aromatic rings. The molecule has 0 aromatic heterocycles. The number of hydrogen-bond acceptors (Lipinski definition) is 3. The normalized spacial score (nSPS) is 18.1. The lowest BCUT2D eigenvalue weighted by atomic mass is 9.94. The summed E-state index contributed by atoms with van der Waals surface area (Å²) in [5.41, 5.74) is -0.527. The first-order chi connectivity index (χ1) is 8.89. The minimum atomic E-state index is -0.527. The predicted octanol–water partition coefficient (Wildman–Crippen LogP) is 0.578. The van der Waals surface area contributed by atoms with Crippen molar-refractivity contribution in [3.8, 4) is 0 Å². The van der Waals surface area contributed by atoms with E-state index in [0.717, 1.165) is 25.9 Å². The van der Waals surface area contributed by atoms with Gasteiger partial charge in [0.05, 0.1) is 12.0 Å². The van der Waals surface area contributed by atoms with Gasteiger partial charge in [-0.3, -0.25) is 14.5 Å². The fourth-order valence-corrected chi connectivity index (χ4v) is 2.08. The van der Waals surface area contributed by atoms with Gasteiger partial charge in [0, 0.05) is 32.1 Å². The Morgan fingerprint density at radius 1 is 1.32 bits per heavy atom. The van der Waals surface area contributed by atoms with Gasteiger partial charge in [0.1, 0.15) is 0 Å². The van der Waals surface area contributed by atoms with Crippen LogP contribution in [0.2, 0.25) is 0 Å². The van der Waals surface area contributed by atoms with Crippen LogP contribution in [0.1, 0.15) is 26.7 Å². The highest BCUT2D eigenvalue weighted by atomic mass is 35.5. The van der Waals surface area contributed by atoms with Gasteiger partial charge < -0.3 is 10.6 Å². The highest BCUT2D eigenvalue weighted by Crippen LogP contribution is 2.19. The molecule has 0 atom stereocenters. The van der Waals surface area contributed by atoms with Gasteiger partial charge in [-0.2, -0.15) is 0 Å². The number of carbonyl (C=O) groups is 2. The molecule has 0 saturated carbocycles. The van der Waals surface area contributed by atoms with E-state index in [4.69, 9.17) is 11.6 Å². The van der Waals surface area contributed by atoms with Gasteiger partial charge in [0.25, 0.3) is 0 Å². The van der Waals surface area contributed by atoms with Crippen LogP contribution in [-0.2, 0) is 9.59 Å². The van der Waals surface area contributed by atoms with E-state index < -0.39 is 5.41 Å². The Kier molecular flexibility index (Phi) is 6.07. The molecule has 19 heavy (non-hydrogen) atoms. The number of likely N-dealkylation sites (N-methyl/N-ethyl adjacent to an activating group) is 1. The fraction of sp³-hybridized carbons (Fsp3) is 0.846. The van der Waals surface area contributed by atoms with E-state index >= 15 is 0 Å². The predicted molar refractivity (Wildman–Crippen MR) is 76.2 cm³/mol. The summed E-state index contributed by atoms with van der Waals surface area (Å²) < 4.78 is 0. The minimum Gasteiger partial charge on any atom is -0.358 e. The van der Waals surface area contributed by atoms with Gasteiger partial charge in [-0.15, -0.1) is 11.6 Å². The van der Waals surface area contributed by atoms with E-state index in [-0.39, 0.29) is 17.9 Å². The summed E-state index contributed by atoms with van der Waals surface area (Å²) >= 11 is 5.79. The van der Waals surface area contributed by atoms with E-state index in [2.05, 4.69) is 15.5 Å². The maximum atomic E-state index is 12.0. The van der Waals surface area contributed by atoms with Crippen LogP contribution in [0.5, 0.6) is 0 Å². The van der Waals surface area contributed by atoms with Crippen molar-refractivity contribution in [1.82, 2.24) is 15.5 Å². The summed E-state index contributed by atoms with van der Waals surface area (Å²) in [6.07, 6.45) is 1.75. The van der Waals surface area contributed by atoms with Crippen LogP contribution in [0.25, 0.3) is 0 Å². The molecule has 1 rings (SSSR count). The van der Waals surface area contributed by atoms with Gasteiger partial charge in [0.15, 0.2) is 0 Å². The average molecular weight is 290 g/mol. The van der Waals surface area contributed by atoms with Gasteiger partial charge in [-0.25, -0.2) is 0 Å². The maximum Gasteiger partial charge on any atom is 0.233 e. The summed E-state index contributed by atoms with van der Waals surface area (Å²) in [5.74, 6) is 0.354. The summed E-state index contributed by atoms with van der Waals surface area (Å²) in [7, 11) is 1.64. The van der Waals surface area contributed by atoms with Gasteiger partial charge >= 0.3 is 0 Å². The van der Waals surface area contributed by atoms with Crippen LogP contribution < -0.4 is 10.6 Å². The highest BCUT2D eigenvalue weighted by molar-refractivity contribution is 6.19. The van der Waals surface area contributed by atoms with E-state index in [1.165, 1.54) is 0 Å². The summed E-state index contributed by atoms with van der Waals surface area (Å²) in [6.45, 7) is 5.79. The summed E-state index contributed by atoms with van der Waals surface area (Å²) in [5, 5.41) is 5.67. The Morgan fingerprint density at radius 3 is 2.37 bits per heavy atom. The van der Waals surface area contributed by atoms with Gasteiger partial charge in [-0.1, -0.05) is 0 Å². The van der Waals surface area contributed by atoms with E-state index in [1.54, 1.807) is 7.05 Å². The lowest BCUT2D eigenvalue weighted by Crippen LogP contribution is -2.50. The molecule has 1 aliphatic heterocycles. The average Bonchev–Trinajstić information content (AvgIpc) is 2.40. The largest absolute Gasteiger partial charge is 0.358 e. The van der Waals surface area contributed by atoms with Crippen molar-refractivity contribution in [2.45, 2.75) is 32.7 Å². The molecule has 0 unspecified atom stereocenters. The molecule has 2 N–H and O–H groups in total. The second-order valence-corrected chi connectivity index (χ2v) is 5.98. The lowest BCUT2D eigenvalue weighted by molar-refractivity contribution is -0.129. The molecule has 0 radical (unpaired) electrons. The van der Waals surface area contributed by atoms with Crippen molar-refractivity contribution in [2.24, 2.45) is 5.41 Å². The number of halogens is 1. The van der Waals surface area contributed by atoms with E-state index in [9.17, 15) is 9.59 Å². The zero-order valence-corrected chi connectivity index (χ0v) is 12.7. The topological polar surface area (TPSA) is 61.4 Å². The molecule has 0 aromatic carbocycles. The summed E-state index contributed by atoms with van der Waals surface area (Å²) in [4.78, 5) is 25.4. The van der Waals surface area contributed by atoms with Crippen LogP contribution in [0, 0.1) is 5.41 Å². The number of amides is 2. The Balaban J connectivity index is 2.34. The lowest BCUT2D eigenvalue weighted by Gasteiger charge is -2.33. The second-order valence-electron chi connectivity index (χ2n) is 5.71. The van der Waals surface area contributed by atoms with Crippen molar-refractivity contribution in [2.75, 3.05) is 32.6 Å². The molecule has 6 heteroatoms. The van der Waals surface area contributed by atoms with E-state index in [0.29, 0.717) is 12.4 Å². The van der Waals surface area contributed by atoms with E-state index in [1.807, 2.05) is 13.8 Å². The number of rotatable bonds is 5. The third-order valence-electron chi connectivity index (χ3n) is 3.52. The number of nitrogens with one attached hydrogen (secondary N) is 2. The van der Waals surface area contributed by atoms with Crippen molar-refractivity contribution in [1.29, 1.82) is 0 Å². The molecule has 1 saturated heterocycles. The van der Waals surface area contributed by atoms with Crippen molar-refractivity contribution in [3.05, 3.63) is 0 Å². The molecule has 1 fully saturated rings. The third-order valence-corrected chi connectivity index (χ3v) is 4.19. The molecule has 0 spiro atoms. The molecule has 1 heterocycles. The molecular formula is C13H24ClN3O2. The van der Waals surface area contributed by atoms with Crippen LogP contribution in [0.4, 0.5) is 0 Å². The standard InChI is InChI=1S/C13H24ClN3O2/c1-13(2,9-14)12(19)16-10-4-6-17(7-5-10)8-11(18)15-3/h10H,4-9H2,1-3H3,(H,15,18)(H,16,19). The molecule has 5 nitrogen and oxygen atoms in total. The molecule has 2 amide bonds. The van der Waals surface area contributed by atoms with Crippen molar-refractivity contribution in [3.63, 3.8) is 0 Å². The van der Waals surface area contributed by atoms with Crippen LogP contribution >= 0.6 is 11.6 Å². The smallest absolute Gasteiger partial charge is 0.233 e. The monoisotopic (exact) mass is 289 g/mol. The molecular weight excluding hydrogens is 266 g/mol. The maximum absolute atomic E-state index is 12.0. The number of likely N-dealkylation sites (tertiary alicyclic amines) is 1. The van der Waals surface area contributed by atoms with Gasteiger partial charge in [-0.05, 0) is 26.7 Å². The SMILES string of the molecule is CNC(=O)CN1CCC(NC(=O)C(C)(C)CCl)CC1. The molecule has 0 aliphatic carbocycles. The number of piperidine rings is 1. The second kappa shape index (κ2) is 7.10. The molecule has 0 bridgehead atoms. The van der Waals surface area contributed by atoms with Crippen molar-refractivity contribution >= 4 is 23.4 Å². The van der Waals surface area contributed by atoms with Crippen LogP contribution in [0.3, 0.4) is 0 Å². The quantitative estimate of drug-likeness (QED) is 0.728. The zero-order valence-electron chi connectivity index (χ0n) is 12.0.